The molecule has 0 radical (unpaired) electrons. The van der Waals surface area contributed by atoms with Crippen molar-refractivity contribution < 1.29 is 0 Å². The van der Waals surface area contributed by atoms with E-state index in [9.17, 15) is 0 Å². The first-order valence-electron chi connectivity index (χ1n) is 6.65. The molecule has 19 heavy (non-hydrogen) atoms. The highest BCUT2D eigenvalue weighted by molar-refractivity contribution is 8.00. The van der Waals surface area contributed by atoms with E-state index in [0.717, 1.165) is 5.75 Å². The lowest BCUT2D eigenvalue weighted by Gasteiger charge is -2.23. The van der Waals surface area contributed by atoms with Crippen molar-refractivity contribution in [3.8, 4) is 0 Å². The number of pyridine rings is 1. The third-order valence-electron chi connectivity index (χ3n) is 3.11. The second-order valence-corrected chi connectivity index (χ2v) is 7.56. The van der Waals surface area contributed by atoms with Gasteiger partial charge in [0.2, 0.25) is 0 Å². The van der Waals surface area contributed by atoms with Crippen molar-refractivity contribution in [1.29, 1.82) is 0 Å². The average Bonchev–Trinajstić information content (AvgIpc) is 2.38. The Bertz CT molecular complexity index is 540. The Morgan fingerprint density at radius 3 is 2.63 bits per heavy atom. The summed E-state index contributed by atoms with van der Waals surface area (Å²) in [5.74, 6) is 1.05. The summed E-state index contributed by atoms with van der Waals surface area (Å²) < 4.78 is 0.285. The van der Waals surface area contributed by atoms with Gasteiger partial charge in [0.15, 0.2) is 0 Å². The minimum absolute atomic E-state index is 0.285. The first-order valence-corrected chi connectivity index (χ1v) is 7.64. The summed E-state index contributed by atoms with van der Waals surface area (Å²) in [6, 6.07) is 8.79. The first kappa shape index (κ1) is 14.4. The summed E-state index contributed by atoms with van der Waals surface area (Å²) in [4.78, 5) is 4.38. The maximum absolute atomic E-state index is 4.38. The molecular weight excluding hydrogens is 252 g/mol. The fourth-order valence-corrected chi connectivity index (χ4v) is 3.09. The van der Waals surface area contributed by atoms with E-state index in [0.29, 0.717) is 6.04 Å². The van der Waals surface area contributed by atoms with E-state index >= 15 is 0 Å². The lowest BCUT2D eigenvalue weighted by Crippen LogP contribution is -2.22. The maximum atomic E-state index is 4.38. The fraction of sp³-hybridized carbons (Fsp3) is 0.438. The quantitative estimate of drug-likeness (QED) is 0.911. The van der Waals surface area contributed by atoms with Crippen LogP contribution < -0.4 is 5.32 Å². The Morgan fingerprint density at radius 2 is 1.95 bits per heavy atom. The van der Waals surface area contributed by atoms with Gasteiger partial charge in [-0.2, -0.15) is 11.8 Å². The number of nitrogens with zero attached hydrogens (tertiary/aromatic N) is 1. The summed E-state index contributed by atoms with van der Waals surface area (Å²) in [6.07, 6.45) is 3.93. The number of hydrogen-bond donors (Lipinski definition) is 1. The van der Waals surface area contributed by atoms with Crippen molar-refractivity contribution >= 4 is 22.5 Å². The van der Waals surface area contributed by atoms with Crippen molar-refractivity contribution in [3.63, 3.8) is 0 Å². The minimum Gasteiger partial charge on any atom is -0.312 e. The second kappa shape index (κ2) is 5.93. The van der Waals surface area contributed by atoms with Gasteiger partial charge in [-0.25, -0.2) is 0 Å². The zero-order valence-corrected chi connectivity index (χ0v) is 12.9. The van der Waals surface area contributed by atoms with E-state index in [4.69, 9.17) is 0 Å². The fourth-order valence-electron chi connectivity index (χ4n) is 2.08. The van der Waals surface area contributed by atoms with Crippen molar-refractivity contribution in [1.82, 2.24) is 10.3 Å². The number of thioether (sulfide) groups is 1. The highest BCUT2D eigenvalue weighted by atomic mass is 32.2. The van der Waals surface area contributed by atoms with Gasteiger partial charge in [-0.3, -0.25) is 4.98 Å². The molecule has 102 valence electrons. The van der Waals surface area contributed by atoms with Gasteiger partial charge in [0, 0.05) is 34.3 Å². The van der Waals surface area contributed by atoms with Crippen LogP contribution in [0.5, 0.6) is 0 Å². The number of aromatic nitrogens is 1. The minimum atomic E-state index is 0.285. The SMILES string of the molecule is CNC(CSC(C)(C)C)c1cncc2ccccc12. The predicted molar refractivity (Wildman–Crippen MR) is 85.8 cm³/mol. The summed E-state index contributed by atoms with van der Waals surface area (Å²) >= 11 is 1.98. The van der Waals surface area contributed by atoms with Crippen LogP contribution in [0.15, 0.2) is 36.7 Å². The molecule has 3 heteroatoms. The predicted octanol–water partition coefficient (Wildman–Crippen LogP) is 4.03. The molecule has 0 amide bonds. The Hall–Kier alpha value is -1.06. The van der Waals surface area contributed by atoms with Gasteiger partial charge < -0.3 is 5.32 Å². The molecular formula is C16H22N2S. The molecule has 1 aromatic carbocycles. The van der Waals surface area contributed by atoms with Gasteiger partial charge >= 0.3 is 0 Å². The maximum Gasteiger partial charge on any atom is 0.0431 e. The van der Waals surface area contributed by atoms with Gasteiger partial charge in [-0.15, -0.1) is 0 Å². The second-order valence-electron chi connectivity index (χ2n) is 5.71. The van der Waals surface area contributed by atoms with Crippen molar-refractivity contribution in [3.05, 3.63) is 42.2 Å². The molecule has 0 aliphatic carbocycles. The number of rotatable bonds is 4. The molecule has 2 rings (SSSR count). The van der Waals surface area contributed by atoms with Gasteiger partial charge in [0.25, 0.3) is 0 Å². The molecule has 0 spiro atoms. The molecule has 2 nitrogen and oxygen atoms in total. The van der Waals surface area contributed by atoms with E-state index in [1.54, 1.807) is 0 Å². The van der Waals surface area contributed by atoms with Crippen LogP contribution in [0.4, 0.5) is 0 Å². The standard InChI is InChI=1S/C16H22N2S/c1-16(2,3)19-11-15(17-4)14-10-18-9-12-7-5-6-8-13(12)14/h5-10,15,17H,11H2,1-4H3. The number of hydrogen-bond acceptors (Lipinski definition) is 3. The third-order valence-corrected chi connectivity index (χ3v) is 4.47. The average molecular weight is 274 g/mol. The first-order chi connectivity index (χ1) is 9.01. The van der Waals surface area contributed by atoms with Crippen LogP contribution >= 0.6 is 11.8 Å². The zero-order chi connectivity index (χ0) is 13.9. The Balaban J connectivity index is 2.30. The normalized spacial score (nSPS) is 13.7. The van der Waals surface area contributed by atoms with Crippen LogP contribution in [0.25, 0.3) is 10.8 Å². The lowest BCUT2D eigenvalue weighted by molar-refractivity contribution is 0.659. The van der Waals surface area contributed by atoms with Crippen LogP contribution in [0.2, 0.25) is 0 Å². The molecule has 0 aliphatic heterocycles. The molecule has 1 heterocycles. The number of fused-ring (bicyclic) bond motifs is 1. The largest absolute Gasteiger partial charge is 0.312 e. The van der Waals surface area contributed by atoms with Crippen LogP contribution in [-0.2, 0) is 0 Å². The van der Waals surface area contributed by atoms with Crippen molar-refractivity contribution in [2.75, 3.05) is 12.8 Å². The Kier molecular flexibility index (Phi) is 4.48. The third kappa shape index (κ3) is 3.71. The van der Waals surface area contributed by atoms with E-state index in [-0.39, 0.29) is 4.75 Å². The highest BCUT2D eigenvalue weighted by Gasteiger charge is 2.17. The van der Waals surface area contributed by atoms with Crippen molar-refractivity contribution in [2.45, 2.75) is 31.6 Å². The van der Waals surface area contributed by atoms with E-state index in [2.05, 4.69) is 55.3 Å². The van der Waals surface area contributed by atoms with Gasteiger partial charge in [-0.05, 0) is 18.0 Å². The summed E-state index contributed by atoms with van der Waals surface area (Å²) in [7, 11) is 2.02. The van der Waals surface area contributed by atoms with Gasteiger partial charge in [0.05, 0.1) is 0 Å². The van der Waals surface area contributed by atoms with Gasteiger partial charge in [-0.1, -0.05) is 45.0 Å². The zero-order valence-electron chi connectivity index (χ0n) is 12.1. The number of nitrogens with one attached hydrogen (secondary N) is 1. The Labute approximate surface area is 120 Å². The van der Waals surface area contributed by atoms with Crippen LogP contribution in [-0.4, -0.2) is 22.5 Å². The molecule has 2 aromatic rings. The van der Waals surface area contributed by atoms with E-state index in [1.807, 2.05) is 31.2 Å². The smallest absolute Gasteiger partial charge is 0.0431 e. The molecule has 0 aliphatic rings. The van der Waals surface area contributed by atoms with Crippen molar-refractivity contribution in [2.24, 2.45) is 0 Å². The Morgan fingerprint density at radius 1 is 1.21 bits per heavy atom. The van der Waals surface area contributed by atoms with Crippen LogP contribution in [0.3, 0.4) is 0 Å². The molecule has 0 saturated heterocycles. The van der Waals surface area contributed by atoms with Crippen LogP contribution in [0, 0.1) is 0 Å². The number of benzene rings is 1. The van der Waals surface area contributed by atoms with E-state index < -0.39 is 0 Å². The molecule has 1 atom stereocenters. The lowest BCUT2D eigenvalue weighted by atomic mass is 10.0. The highest BCUT2D eigenvalue weighted by Crippen LogP contribution is 2.30. The molecule has 1 aromatic heterocycles. The van der Waals surface area contributed by atoms with Gasteiger partial charge in [0.1, 0.15) is 0 Å². The molecule has 0 saturated carbocycles. The molecule has 1 unspecified atom stereocenters. The molecule has 0 fully saturated rings. The molecule has 0 bridgehead atoms. The molecule has 1 N–H and O–H groups in total. The summed E-state index contributed by atoms with van der Waals surface area (Å²) in [5, 5.41) is 5.93. The summed E-state index contributed by atoms with van der Waals surface area (Å²) in [5.41, 5.74) is 1.29. The topological polar surface area (TPSA) is 24.9 Å². The summed E-state index contributed by atoms with van der Waals surface area (Å²) in [6.45, 7) is 6.77. The van der Waals surface area contributed by atoms with Crippen LogP contribution in [0.1, 0.15) is 32.4 Å². The van der Waals surface area contributed by atoms with E-state index in [1.165, 1.54) is 16.3 Å². The monoisotopic (exact) mass is 274 g/mol.